The van der Waals surface area contributed by atoms with E-state index in [1.165, 1.54) is 36.5 Å². The van der Waals surface area contributed by atoms with Gasteiger partial charge in [-0.2, -0.15) is 0 Å². The molecule has 10 heteroatoms. The highest BCUT2D eigenvalue weighted by Gasteiger charge is 2.46. The lowest BCUT2D eigenvalue weighted by atomic mass is 9.95. The number of aromatic amines is 1. The van der Waals surface area contributed by atoms with Gasteiger partial charge in [0.1, 0.15) is 5.76 Å². The summed E-state index contributed by atoms with van der Waals surface area (Å²) in [6.45, 7) is 0.206. The number of sulfonamides is 1. The average molecular weight is 517 g/mol. The molecule has 2 aromatic carbocycles. The molecule has 0 aliphatic carbocycles. The molecule has 4 aromatic rings. The van der Waals surface area contributed by atoms with E-state index in [-0.39, 0.29) is 22.8 Å². The number of nitrogens with one attached hydrogen (secondary N) is 2. The molecule has 1 unspecified atom stereocenters. The number of carbonyl (C=O) groups excluding carboxylic acids is 2. The van der Waals surface area contributed by atoms with E-state index >= 15 is 0 Å². The fourth-order valence-corrected chi connectivity index (χ4v) is 5.37. The Morgan fingerprint density at radius 3 is 2.54 bits per heavy atom. The van der Waals surface area contributed by atoms with Crippen LogP contribution in [-0.4, -0.2) is 53.7 Å². The van der Waals surface area contributed by atoms with Gasteiger partial charge in [0.15, 0.2) is 0 Å². The number of fused-ring (bicyclic) bond motifs is 1. The fourth-order valence-electron chi connectivity index (χ4n) is 4.64. The average Bonchev–Trinajstić information content (AvgIpc) is 3.45. The van der Waals surface area contributed by atoms with Crippen molar-refractivity contribution in [3.05, 3.63) is 102 Å². The Hall–Kier alpha value is -4.28. The number of rotatable bonds is 7. The first-order valence-corrected chi connectivity index (χ1v) is 13.1. The predicted molar refractivity (Wildman–Crippen MR) is 138 cm³/mol. The number of amides is 1. The molecule has 9 nitrogen and oxygen atoms in total. The highest BCUT2D eigenvalue weighted by Crippen LogP contribution is 2.39. The van der Waals surface area contributed by atoms with Crippen molar-refractivity contribution in [3.8, 4) is 0 Å². The second-order valence-electron chi connectivity index (χ2n) is 8.62. The lowest BCUT2D eigenvalue weighted by Gasteiger charge is -2.25. The molecule has 1 saturated heterocycles. The Kier molecular flexibility index (Phi) is 6.36. The van der Waals surface area contributed by atoms with E-state index in [1.54, 1.807) is 24.3 Å². The van der Waals surface area contributed by atoms with Crippen molar-refractivity contribution < 1.29 is 23.1 Å². The van der Waals surface area contributed by atoms with Crippen LogP contribution in [0.25, 0.3) is 16.7 Å². The maximum absolute atomic E-state index is 13.2. The van der Waals surface area contributed by atoms with Crippen molar-refractivity contribution in [3.63, 3.8) is 0 Å². The van der Waals surface area contributed by atoms with E-state index in [9.17, 15) is 23.1 Å². The third kappa shape index (κ3) is 4.41. The van der Waals surface area contributed by atoms with Crippen LogP contribution in [0.1, 0.15) is 22.7 Å². The van der Waals surface area contributed by atoms with Crippen LogP contribution in [0.5, 0.6) is 0 Å². The predicted octanol–water partition coefficient (Wildman–Crippen LogP) is 3.14. The number of hydrogen-bond acceptors (Lipinski definition) is 6. The van der Waals surface area contributed by atoms with Gasteiger partial charge in [0.2, 0.25) is 10.0 Å². The van der Waals surface area contributed by atoms with Gasteiger partial charge in [-0.1, -0.05) is 30.3 Å². The van der Waals surface area contributed by atoms with Crippen LogP contribution in [0.2, 0.25) is 0 Å². The number of Topliss-reactive ketones (excluding diaryl/α,β-unsaturated/α-hetero) is 1. The van der Waals surface area contributed by atoms with E-state index in [1.807, 2.05) is 30.5 Å². The lowest BCUT2D eigenvalue weighted by molar-refractivity contribution is -0.139. The molecule has 188 valence electrons. The number of ketones is 1. The SMILES string of the molecule is CNS(=O)(=O)c1ccc(C2/C(=C(\O)c3cccnc3)C(=O)C(=O)N2CCc2c[nH]c3ccccc23)cc1. The number of para-hydroxylation sites is 1. The molecule has 5 rings (SSSR count). The number of aliphatic hydroxyl groups is 1. The van der Waals surface area contributed by atoms with Crippen molar-refractivity contribution in [1.82, 2.24) is 19.6 Å². The Balaban J connectivity index is 1.57. The monoisotopic (exact) mass is 516 g/mol. The first-order valence-electron chi connectivity index (χ1n) is 11.6. The van der Waals surface area contributed by atoms with Crippen molar-refractivity contribution in [1.29, 1.82) is 0 Å². The zero-order valence-electron chi connectivity index (χ0n) is 19.9. The number of likely N-dealkylation sites (tertiary alicyclic amines) is 1. The number of hydrogen-bond donors (Lipinski definition) is 3. The minimum atomic E-state index is -3.68. The van der Waals surface area contributed by atoms with Gasteiger partial charge < -0.3 is 15.0 Å². The molecule has 1 atom stereocenters. The van der Waals surface area contributed by atoms with Crippen LogP contribution < -0.4 is 4.72 Å². The smallest absolute Gasteiger partial charge is 0.295 e. The van der Waals surface area contributed by atoms with Crippen LogP contribution in [0.4, 0.5) is 0 Å². The number of nitrogens with zero attached hydrogens (tertiary/aromatic N) is 2. The maximum Gasteiger partial charge on any atom is 0.295 e. The minimum Gasteiger partial charge on any atom is -0.507 e. The van der Waals surface area contributed by atoms with Gasteiger partial charge in [-0.25, -0.2) is 13.1 Å². The van der Waals surface area contributed by atoms with E-state index < -0.39 is 27.8 Å². The fraction of sp³-hybridized carbons (Fsp3) is 0.148. The quantitative estimate of drug-likeness (QED) is 0.196. The van der Waals surface area contributed by atoms with Crippen molar-refractivity contribution >= 4 is 38.4 Å². The maximum atomic E-state index is 13.2. The highest BCUT2D eigenvalue weighted by atomic mass is 32.2. The van der Waals surface area contributed by atoms with Gasteiger partial charge >= 0.3 is 0 Å². The van der Waals surface area contributed by atoms with Crippen LogP contribution in [0.15, 0.2) is 89.7 Å². The zero-order valence-corrected chi connectivity index (χ0v) is 20.7. The van der Waals surface area contributed by atoms with Gasteiger partial charge in [0.05, 0.1) is 16.5 Å². The summed E-state index contributed by atoms with van der Waals surface area (Å²) in [7, 11) is -2.36. The number of aromatic nitrogens is 2. The molecule has 3 N–H and O–H groups in total. The van der Waals surface area contributed by atoms with Crippen LogP contribution in [-0.2, 0) is 26.0 Å². The molecule has 0 saturated carbocycles. The molecule has 1 amide bonds. The largest absolute Gasteiger partial charge is 0.507 e. The Bertz CT molecular complexity index is 1630. The summed E-state index contributed by atoms with van der Waals surface area (Å²) in [4.78, 5) is 35.1. The molecule has 1 aliphatic heterocycles. The summed E-state index contributed by atoms with van der Waals surface area (Å²) >= 11 is 0. The molecule has 0 bridgehead atoms. The Morgan fingerprint density at radius 1 is 1.08 bits per heavy atom. The van der Waals surface area contributed by atoms with Gasteiger partial charge in [-0.05, 0) is 54.9 Å². The Labute approximate surface area is 213 Å². The van der Waals surface area contributed by atoms with Crippen molar-refractivity contribution in [2.75, 3.05) is 13.6 Å². The summed E-state index contributed by atoms with van der Waals surface area (Å²) in [5.74, 6) is -1.88. The lowest BCUT2D eigenvalue weighted by Crippen LogP contribution is -2.31. The number of H-pyrrole nitrogens is 1. The molecule has 3 heterocycles. The molecule has 0 radical (unpaired) electrons. The summed E-state index contributed by atoms with van der Waals surface area (Å²) in [6, 6.07) is 16.0. The number of pyridine rings is 1. The summed E-state index contributed by atoms with van der Waals surface area (Å²) in [5.41, 5.74) is 2.68. The normalized spacial score (nSPS) is 17.5. The summed E-state index contributed by atoms with van der Waals surface area (Å²) in [5, 5.41) is 12.1. The van der Waals surface area contributed by atoms with E-state index in [0.717, 1.165) is 16.5 Å². The van der Waals surface area contributed by atoms with Gasteiger partial charge in [0, 0.05) is 41.6 Å². The van der Waals surface area contributed by atoms with Crippen LogP contribution >= 0.6 is 0 Å². The third-order valence-corrected chi connectivity index (χ3v) is 7.98. The van der Waals surface area contributed by atoms with E-state index in [4.69, 9.17) is 0 Å². The molecule has 2 aromatic heterocycles. The van der Waals surface area contributed by atoms with Gasteiger partial charge in [-0.15, -0.1) is 0 Å². The molecular formula is C27H24N4O5S. The summed E-state index contributed by atoms with van der Waals surface area (Å²) < 4.78 is 26.7. The molecule has 1 aliphatic rings. The first-order chi connectivity index (χ1) is 17.8. The molecule has 1 fully saturated rings. The minimum absolute atomic E-state index is 0.0433. The first kappa shape index (κ1) is 24.4. The van der Waals surface area contributed by atoms with Crippen LogP contribution in [0, 0.1) is 0 Å². The number of aliphatic hydroxyl groups excluding tert-OH is 1. The van der Waals surface area contributed by atoms with E-state index in [0.29, 0.717) is 17.5 Å². The van der Waals surface area contributed by atoms with Crippen LogP contribution in [0.3, 0.4) is 0 Å². The Morgan fingerprint density at radius 2 is 1.84 bits per heavy atom. The second-order valence-corrected chi connectivity index (χ2v) is 10.5. The van der Waals surface area contributed by atoms with Crippen molar-refractivity contribution in [2.24, 2.45) is 0 Å². The number of benzene rings is 2. The number of carbonyl (C=O) groups is 2. The molecular weight excluding hydrogens is 492 g/mol. The van der Waals surface area contributed by atoms with Gasteiger partial charge in [-0.3, -0.25) is 14.6 Å². The van der Waals surface area contributed by atoms with E-state index in [2.05, 4.69) is 14.7 Å². The highest BCUT2D eigenvalue weighted by molar-refractivity contribution is 7.89. The molecule has 0 spiro atoms. The topological polar surface area (TPSA) is 132 Å². The molecule has 37 heavy (non-hydrogen) atoms. The van der Waals surface area contributed by atoms with Crippen molar-refractivity contribution in [2.45, 2.75) is 17.4 Å². The third-order valence-electron chi connectivity index (χ3n) is 6.55. The standard InChI is InChI=1S/C27H24N4O5S/c1-28-37(35,36)20-10-8-17(9-11-20)24-23(25(32)19-5-4-13-29-15-19)26(33)27(34)31(24)14-12-18-16-30-22-7-3-2-6-21(18)22/h2-11,13,15-16,24,28,30,32H,12,14H2,1H3/b25-23+. The summed E-state index contributed by atoms with van der Waals surface area (Å²) in [6.07, 6.45) is 5.29. The van der Waals surface area contributed by atoms with Gasteiger partial charge in [0.25, 0.3) is 11.7 Å². The second kappa shape index (κ2) is 9.64. The zero-order chi connectivity index (χ0) is 26.2.